The Kier molecular flexibility index (Phi) is 3.66. The molecule has 0 unspecified atom stereocenters. The maximum atomic E-state index is 6.16. The highest BCUT2D eigenvalue weighted by molar-refractivity contribution is 6.31. The molecule has 2 rings (SSSR count). The third-order valence-electron chi connectivity index (χ3n) is 3.30. The van der Waals surface area contributed by atoms with Crippen molar-refractivity contribution in [2.45, 2.75) is 19.3 Å². The van der Waals surface area contributed by atoms with Crippen LogP contribution in [-0.2, 0) is 6.42 Å². The van der Waals surface area contributed by atoms with E-state index in [0.29, 0.717) is 0 Å². The van der Waals surface area contributed by atoms with Gasteiger partial charge in [-0.3, -0.25) is 0 Å². The van der Waals surface area contributed by atoms with E-state index in [2.05, 4.69) is 24.1 Å². The molecule has 1 aromatic carbocycles. The Bertz CT molecular complexity index is 316. The lowest BCUT2D eigenvalue weighted by molar-refractivity contribution is 0.219. The molecule has 0 bridgehead atoms. The van der Waals surface area contributed by atoms with Gasteiger partial charge in [0.2, 0.25) is 0 Å². The molecule has 1 aliphatic rings. The fraction of sp³-hybridized carbons (Fsp3) is 0.538. The Morgan fingerprint density at radius 2 is 1.93 bits per heavy atom. The van der Waals surface area contributed by atoms with Crippen LogP contribution in [0.1, 0.15) is 18.4 Å². The minimum absolute atomic E-state index is 0.820. The molecule has 1 nitrogen and oxygen atoms in total. The van der Waals surface area contributed by atoms with Gasteiger partial charge in [0.05, 0.1) is 0 Å². The van der Waals surface area contributed by atoms with E-state index in [1.54, 1.807) is 0 Å². The molecule has 1 heterocycles. The summed E-state index contributed by atoms with van der Waals surface area (Å²) in [5.41, 5.74) is 1.31. The van der Waals surface area contributed by atoms with Crippen molar-refractivity contribution in [3.05, 3.63) is 34.9 Å². The molecule has 0 radical (unpaired) electrons. The largest absolute Gasteiger partial charge is 0.306 e. The van der Waals surface area contributed by atoms with Crippen LogP contribution in [0, 0.1) is 5.92 Å². The zero-order valence-electron chi connectivity index (χ0n) is 9.25. The Hall–Kier alpha value is -0.530. The minimum Gasteiger partial charge on any atom is -0.306 e. The second-order valence-corrected chi connectivity index (χ2v) is 4.95. The molecule has 1 saturated heterocycles. The van der Waals surface area contributed by atoms with Crippen LogP contribution in [0.15, 0.2) is 24.3 Å². The molecule has 0 atom stereocenters. The van der Waals surface area contributed by atoms with Crippen LogP contribution >= 0.6 is 11.6 Å². The van der Waals surface area contributed by atoms with Gasteiger partial charge in [-0.1, -0.05) is 29.8 Å². The second-order valence-electron chi connectivity index (χ2n) is 4.54. The number of likely N-dealkylation sites (tertiary alicyclic amines) is 1. The number of halogens is 1. The lowest BCUT2D eigenvalue weighted by Crippen LogP contribution is -2.30. The molecule has 0 aliphatic carbocycles. The number of piperidine rings is 1. The predicted octanol–water partition coefficient (Wildman–Crippen LogP) is 3.22. The van der Waals surface area contributed by atoms with Crippen molar-refractivity contribution in [3.8, 4) is 0 Å². The molecule has 2 heteroatoms. The third kappa shape index (κ3) is 2.96. The molecule has 82 valence electrons. The molecule has 0 amide bonds. The quantitative estimate of drug-likeness (QED) is 0.744. The molecule has 0 aromatic heterocycles. The van der Waals surface area contributed by atoms with E-state index in [1.807, 2.05) is 12.1 Å². The molecule has 1 fully saturated rings. The molecule has 0 spiro atoms. The van der Waals surface area contributed by atoms with Crippen molar-refractivity contribution >= 4 is 11.6 Å². The maximum Gasteiger partial charge on any atom is 0.0438 e. The van der Waals surface area contributed by atoms with Crippen molar-refractivity contribution < 1.29 is 0 Å². The number of nitrogens with zero attached hydrogens (tertiary/aromatic N) is 1. The van der Waals surface area contributed by atoms with E-state index in [9.17, 15) is 0 Å². The first-order chi connectivity index (χ1) is 7.25. The normalized spacial score (nSPS) is 19.3. The van der Waals surface area contributed by atoms with Gasteiger partial charge in [0, 0.05) is 5.02 Å². The summed E-state index contributed by atoms with van der Waals surface area (Å²) in [4.78, 5) is 2.41. The van der Waals surface area contributed by atoms with E-state index in [4.69, 9.17) is 11.6 Å². The van der Waals surface area contributed by atoms with Crippen LogP contribution in [0.2, 0.25) is 5.02 Å². The van der Waals surface area contributed by atoms with Gasteiger partial charge < -0.3 is 4.90 Å². The summed E-state index contributed by atoms with van der Waals surface area (Å²) >= 11 is 6.16. The average Bonchev–Trinajstić information content (AvgIpc) is 2.25. The highest BCUT2D eigenvalue weighted by atomic mass is 35.5. The van der Waals surface area contributed by atoms with Crippen LogP contribution < -0.4 is 0 Å². The van der Waals surface area contributed by atoms with Crippen LogP contribution in [0.5, 0.6) is 0 Å². The molecular weight excluding hydrogens is 206 g/mol. The Morgan fingerprint density at radius 1 is 1.27 bits per heavy atom. The van der Waals surface area contributed by atoms with Crippen LogP contribution in [0.3, 0.4) is 0 Å². The zero-order chi connectivity index (χ0) is 10.7. The van der Waals surface area contributed by atoms with Crippen molar-refractivity contribution in [1.82, 2.24) is 4.90 Å². The molecular formula is C13H18ClN. The van der Waals surface area contributed by atoms with Gasteiger partial charge in [-0.2, -0.15) is 0 Å². The van der Waals surface area contributed by atoms with Gasteiger partial charge in [0.25, 0.3) is 0 Å². The van der Waals surface area contributed by atoms with Gasteiger partial charge in [-0.25, -0.2) is 0 Å². The monoisotopic (exact) mass is 223 g/mol. The van der Waals surface area contributed by atoms with Gasteiger partial charge in [-0.05, 0) is 56.9 Å². The lowest BCUT2D eigenvalue weighted by atomic mass is 9.90. The van der Waals surface area contributed by atoms with Crippen molar-refractivity contribution in [1.29, 1.82) is 0 Å². The third-order valence-corrected chi connectivity index (χ3v) is 3.67. The smallest absolute Gasteiger partial charge is 0.0438 e. The highest BCUT2D eigenvalue weighted by Gasteiger charge is 2.17. The number of rotatable bonds is 2. The maximum absolute atomic E-state index is 6.16. The molecule has 15 heavy (non-hydrogen) atoms. The molecule has 1 aromatic rings. The van der Waals surface area contributed by atoms with E-state index >= 15 is 0 Å². The summed E-state index contributed by atoms with van der Waals surface area (Å²) in [5, 5.41) is 0.927. The van der Waals surface area contributed by atoms with Crippen LogP contribution in [-0.4, -0.2) is 25.0 Å². The Balaban J connectivity index is 1.95. The minimum atomic E-state index is 0.820. The average molecular weight is 224 g/mol. The lowest BCUT2D eigenvalue weighted by Gasteiger charge is -2.29. The van der Waals surface area contributed by atoms with E-state index in [0.717, 1.165) is 17.4 Å². The first-order valence-corrected chi connectivity index (χ1v) is 6.05. The standard InChI is InChI=1S/C13H18ClN/c1-15-8-6-11(7-9-15)10-12-4-2-3-5-13(12)14/h2-5,11H,6-10H2,1H3. The second kappa shape index (κ2) is 5.00. The summed E-state index contributed by atoms with van der Waals surface area (Å²) in [6.45, 7) is 2.46. The van der Waals surface area contributed by atoms with Gasteiger partial charge in [0.15, 0.2) is 0 Å². The van der Waals surface area contributed by atoms with Crippen LogP contribution in [0.25, 0.3) is 0 Å². The summed E-state index contributed by atoms with van der Waals surface area (Å²) in [6.07, 6.45) is 3.76. The molecule has 1 aliphatic heterocycles. The van der Waals surface area contributed by atoms with Gasteiger partial charge >= 0.3 is 0 Å². The Morgan fingerprint density at radius 3 is 2.60 bits per heavy atom. The number of benzene rings is 1. The summed E-state index contributed by atoms with van der Waals surface area (Å²) in [7, 11) is 2.20. The fourth-order valence-corrected chi connectivity index (χ4v) is 2.45. The molecule has 0 saturated carbocycles. The van der Waals surface area contributed by atoms with Crippen LogP contribution in [0.4, 0.5) is 0 Å². The summed E-state index contributed by atoms with van der Waals surface area (Å²) < 4.78 is 0. The predicted molar refractivity (Wildman–Crippen MR) is 65.4 cm³/mol. The topological polar surface area (TPSA) is 3.24 Å². The first kappa shape index (κ1) is 11.0. The summed E-state index contributed by atoms with van der Waals surface area (Å²) in [6, 6.07) is 8.23. The number of hydrogen-bond donors (Lipinski definition) is 0. The van der Waals surface area contributed by atoms with Gasteiger partial charge in [-0.15, -0.1) is 0 Å². The van der Waals surface area contributed by atoms with Gasteiger partial charge in [0.1, 0.15) is 0 Å². The summed E-state index contributed by atoms with van der Waals surface area (Å²) in [5.74, 6) is 0.820. The Labute approximate surface area is 97.0 Å². The first-order valence-electron chi connectivity index (χ1n) is 5.67. The van der Waals surface area contributed by atoms with Crippen molar-refractivity contribution in [2.75, 3.05) is 20.1 Å². The number of hydrogen-bond acceptors (Lipinski definition) is 1. The SMILES string of the molecule is CN1CCC(Cc2ccccc2Cl)CC1. The van der Waals surface area contributed by atoms with E-state index < -0.39 is 0 Å². The zero-order valence-corrected chi connectivity index (χ0v) is 10.0. The molecule has 0 N–H and O–H groups in total. The van der Waals surface area contributed by atoms with E-state index in [1.165, 1.54) is 31.5 Å². The fourth-order valence-electron chi connectivity index (χ4n) is 2.24. The highest BCUT2D eigenvalue weighted by Crippen LogP contribution is 2.24. The van der Waals surface area contributed by atoms with Crippen molar-refractivity contribution in [2.24, 2.45) is 5.92 Å². The van der Waals surface area contributed by atoms with Crippen molar-refractivity contribution in [3.63, 3.8) is 0 Å². The van der Waals surface area contributed by atoms with E-state index in [-0.39, 0.29) is 0 Å².